The second-order valence-corrected chi connectivity index (χ2v) is 19.2. The summed E-state index contributed by atoms with van der Waals surface area (Å²) in [6.07, 6.45) is 50.5. The summed E-state index contributed by atoms with van der Waals surface area (Å²) in [5, 5.41) is 21.9. The van der Waals surface area contributed by atoms with Crippen LogP contribution in [0.2, 0.25) is 0 Å². The summed E-state index contributed by atoms with van der Waals surface area (Å²) in [4.78, 5) is 46.1. The van der Waals surface area contributed by atoms with Gasteiger partial charge in [-0.25, -0.2) is 9.36 Å². The molecule has 0 spiro atoms. The zero-order chi connectivity index (χ0) is 46.3. The zero-order valence-electron chi connectivity index (χ0n) is 40.4. The van der Waals surface area contributed by atoms with Crippen molar-refractivity contribution in [3.63, 3.8) is 0 Å². The summed E-state index contributed by atoms with van der Waals surface area (Å²) in [5.74, 6) is -2.36. The van der Waals surface area contributed by atoms with Crippen LogP contribution in [-0.2, 0) is 32.7 Å². The molecule has 3 atom stereocenters. The molecule has 0 heterocycles. The molecule has 0 rings (SSSR count). The number of allylic oxidation sites excluding steroid dienone is 4. The maximum absolute atomic E-state index is 12.4. The lowest BCUT2D eigenvalue weighted by Gasteiger charge is -2.18. The van der Waals surface area contributed by atoms with Gasteiger partial charge in [0.25, 0.3) is 0 Å². The monoisotopic (exact) mass is 914 g/mol. The maximum atomic E-state index is 12.4. The Bertz CT molecular complexity index is 1160. The number of unbranched alkanes of at least 4 members (excludes halogenated alkanes) is 31. The molecule has 0 aliphatic rings. The highest BCUT2D eigenvalue weighted by atomic mass is 31.2. The summed E-state index contributed by atoms with van der Waals surface area (Å²) < 4.78 is 27.0. The lowest BCUT2D eigenvalue weighted by molar-refractivity contribution is -0.147. The third kappa shape index (κ3) is 46.3. The Morgan fingerprint density at radius 2 is 0.873 bits per heavy atom. The van der Waals surface area contributed by atoms with Gasteiger partial charge in [0.05, 0.1) is 13.2 Å². The number of aliphatic carboxylic acids is 1. The fourth-order valence-electron chi connectivity index (χ4n) is 7.47. The fraction of sp³-hybridized carbons (Fsp3) is 0.863. The lowest BCUT2D eigenvalue weighted by atomic mass is 10.0. The van der Waals surface area contributed by atoms with Crippen LogP contribution >= 0.6 is 7.82 Å². The highest BCUT2D eigenvalue weighted by molar-refractivity contribution is 7.47. The van der Waals surface area contributed by atoms with Crippen LogP contribution < -0.4 is 5.32 Å². The van der Waals surface area contributed by atoms with Gasteiger partial charge in [-0.2, -0.15) is 0 Å². The third-order valence-corrected chi connectivity index (χ3v) is 12.4. The highest BCUT2D eigenvalue weighted by Gasteiger charge is 2.28. The standard InChI is InChI=1S/C51H96NO10P/c1-3-5-7-9-11-13-15-17-19-21-23-25-27-29-31-33-35-37-39-41-43-50(55)60-44-47(53)45-61-63(58,59)62-46-48(51(56)57)52-49(54)42-40-38-36-34-32-30-28-26-24-22-20-18-16-14-12-10-8-6-4-2/h12,14,18,20,47-48,53H,3-11,13,15-17,19,21-46H2,1-2H3,(H,52,54)(H,56,57)(H,58,59)/b14-12-,20-18-. The van der Waals surface area contributed by atoms with Gasteiger partial charge in [0.15, 0.2) is 6.04 Å². The van der Waals surface area contributed by atoms with Crippen molar-refractivity contribution >= 4 is 25.7 Å². The van der Waals surface area contributed by atoms with Gasteiger partial charge in [-0.15, -0.1) is 0 Å². The second kappa shape index (κ2) is 46.5. The van der Waals surface area contributed by atoms with Crippen LogP contribution in [0.25, 0.3) is 0 Å². The van der Waals surface area contributed by atoms with Crippen LogP contribution in [-0.4, -0.2) is 64.9 Å². The van der Waals surface area contributed by atoms with Crippen molar-refractivity contribution in [3.8, 4) is 0 Å². The quantitative estimate of drug-likeness (QED) is 0.0199. The summed E-state index contributed by atoms with van der Waals surface area (Å²) >= 11 is 0. The molecule has 0 aromatic heterocycles. The van der Waals surface area contributed by atoms with Gasteiger partial charge in [-0.3, -0.25) is 18.6 Å². The van der Waals surface area contributed by atoms with Crippen molar-refractivity contribution in [2.75, 3.05) is 19.8 Å². The molecule has 11 nitrogen and oxygen atoms in total. The first-order valence-corrected chi connectivity index (χ1v) is 27.4. The van der Waals surface area contributed by atoms with Gasteiger partial charge in [0.1, 0.15) is 12.7 Å². The van der Waals surface area contributed by atoms with Crippen LogP contribution in [0.3, 0.4) is 0 Å². The maximum Gasteiger partial charge on any atom is 0.472 e. The number of nitrogens with one attached hydrogen (secondary N) is 1. The smallest absolute Gasteiger partial charge is 0.472 e. The van der Waals surface area contributed by atoms with Crippen molar-refractivity contribution in [1.82, 2.24) is 5.32 Å². The van der Waals surface area contributed by atoms with E-state index in [2.05, 4.69) is 43.5 Å². The third-order valence-electron chi connectivity index (χ3n) is 11.5. The molecule has 1 amide bonds. The Kier molecular flexibility index (Phi) is 45.0. The Labute approximate surface area is 385 Å². The summed E-state index contributed by atoms with van der Waals surface area (Å²) in [5.41, 5.74) is 0. The van der Waals surface area contributed by atoms with Gasteiger partial charge in [0, 0.05) is 12.8 Å². The highest BCUT2D eigenvalue weighted by Crippen LogP contribution is 2.43. The van der Waals surface area contributed by atoms with Gasteiger partial charge in [-0.05, 0) is 44.9 Å². The number of phosphoric ester groups is 1. The predicted octanol–water partition coefficient (Wildman–Crippen LogP) is 14.2. The lowest BCUT2D eigenvalue weighted by Crippen LogP contribution is -2.43. The molecule has 0 aromatic carbocycles. The van der Waals surface area contributed by atoms with Crippen LogP contribution in [0.1, 0.15) is 251 Å². The SMILES string of the molecule is CCCCC/C=C\C/C=C\CCCCCCCCCCCC(=O)NC(COP(=O)(O)OCC(O)COC(=O)CCCCCCCCCCCCCCCCCCCCCC)C(=O)O. The minimum atomic E-state index is -4.76. The molecule has 0 aliphatic heterocycles. The van der Waals surface area contributed by atoms with Gasteiger partial charge < -0.3 is 25.2 Å². The minimum absolute atomic E-state index is 0.143. The number of esters is 1. The number of carbonyl (C=O) groups excluding carboxylic acids is 2. The van der Waals surface area contributed by atoms with Crippen molar-refractivity contribution in [2.24, 2.45) is 0 Å². The fourth-order valence-corrected chi connectivity index (χ4v) is 8.24. The normalized spacial score (nSPS) is 13.7. The number of phosphoric acid groups is 1. The number of carboxylic acid groups (broad SMARTS) is 1. The number of carbonyl (C=O) groups is 3. The first-order valence-electron chi connectivity index (χ1n) is 25.9. The topological polar surface area (TPSA) is 169 Å². The van der Waals surface area contributed by atoms with Crippen LogP contribution in [0.5, 0.6) is 0 Å². The molecule has 3 unspecified atom stereocenters. The van der Waals surface area contributed by atoms with Gasteiger partial charge >= 0.3 is 19.8 Å². The van der Waals surface area contributed by atoms with E-state index in [0.717, 1.165) is 57.8 Å². The Balaban J connectivity index is 3.80. The molecule has 370 valence electrons. The predicted molar refractivity (Wildman–Crippen MR) is 259 cm³/mol. The summed E-state index contributed by atoms with van der Waals surface area (Å²) in [7, 11) is -4.76. The molecule has 12 heteroatoms. The molecule has 0 radical (unpaired) electrons. The second-order valence-electron chi connectivity index (χ2n) is 17.7. The van der Waals surface area contributed by atoms with E-state index in [0.29, 0.717) is 12.8 Å². The number of hydrogen-bond acceptors (Lipinski definition) is 8. The molecule has 4 N–H and O–H groups in total. The van der Waals surface area contributed by atoms with E-state index < -0.39 is 57.6 Å². The Hall–Kier alpha value is -2.04. The van der Waals surface area contributed by atoms with E-state index in [1.165, 1.54) is 154 Å². The van der Waals surface area contributed by atoms with Gasteiger partial charge in [-0.1, -0.05) is 218 Å². The Morgan fingerprint density at radius 1 is 0.508 bits per heavy atom. The molecule has 0 saturated carbocycles. The minimum Gasteiger partial charge on any atom is -0.480 e. The number of hydrogen-bond donors (Lipinski definition) is 4. The van der Waals surface area contributed by atoms with E-state index in [-0.39, 0.29) is 12.8 Å². The molecule has 0 saturated heterocycles. The Morgan fingerprint density at radius 3 is 1.32 bits per heavy atom. The zero-order valence-corrected chi connectivity index (χ0v) is 41.3. The largest absolute Gasteiger partial charge is 0.480 e. The first kappa shape index (κ1) is 61.0. The molecular weight excluding hydrogens is 818 g/mol. The number of ether oxygens (including phenoxy) is 1. The number of amides is 1. The number of carboxylic acids is 1. The summed E-state index contributed by atoms with van der Waals surface area (Å²) in [6, 6.07) is -1.55. The van der Waals surface area contributed by atoms with E-state index in [1.54, 1.807) is 0 Å². The molecular formula is C51H96NO10P. The van der Waals surface area contributed by atoms with Crippen LogP contribution in [0.4, 0.5) is 0 Å². The van der Waals surface area contributed by atoms with Crippen molar-refractivity contribution < 1.29 is 47.8 Å². The first-order chi connectivity index (χ1) is 30.6. The number of aliphatic hydroxyl groups is 1. The molecule has 0 bridgehead atoms. The summed E-state index contributed by atoms with van der Waals surface area (Å²) in [6.45, 7) is 2.61. The van der Waals surface area contributed by atoms with Crippen molar-refractivity contribution in [2.45, 2.75) is 264 Å². The average molecular weight is 914 g/mol. The van der Waals surface area contributed by atoms with E-state index in [9.17, 15) is 34.1 Å². The van der Waals surface area contributed by atoms with Crippen LogP contribution in [0, 0.1) is 0 Å². The number of rotatable bonds is 49. The molecule has 0 aromatic rings. The van der Waals surface area contributed by atoms with E-state index in [4.69, 9.17) is 13.8 Å². The molecule has 63 heavy (non-hydrogen) atoms. The molecule has 0 fully saturated rings. The molecule has 0 aliphatic carbocycles. The number of aliphatic hydroxyl groups excluding tert-OH is 1. The van der Waals surface area contributed by atoms with Crippen molar-refractivity contribution in [3.05, 3.63) is 24.3 Å². The average Bonchev–Trinajstić information content (AvgIpc) is 3.26. The van der Waals surface area contributed by atoms with Gasteiger partial charge in [0.2, 0.25) is 5.91 Å². The van der Waals surface area contributed by atoms with E-state index in [1.807, 2.05) is 0 Å². The van der Waals surface area contributed by atoms with E-state index >= 15 is 0 Å². The van der Waals surface area contributed by atoms with Crippen molar-refractivity contribution in [1.29, 1.82) is 0 Å². The van der Waals surface area contributed by atoms with Crippen LogP contribution in [0.15, 0.2) is 24.3 Å².